The Kier molecular flexibility index (Phi) is 2.57. The highest BCUT2D eigenvalue weighted by Gasteiger charge is 2.24. The molecule has 0 unspecified atom stereocenters. The Morgan fingerprint density at radius 3 is 2.67 bits per heavy atom. The van der Waals surface area contributed by atoms with E-state index in [1.807, 2.05) is 6.26 Å². The van der Waals surface area contributed by atoms with E-state index in [9.17, 15) is 0 Å². The molecule has 3 nitrogen and oxygen atoms in total. The molecule has 0 aliphatic heterocycles. The highest BCUT2D eigenvalue weighted by molar-refractivity contribution is 7.99. The van der Waals surface area contributed by atoms with Gasteiger partial charge in [0.2, 0.25) is 5.89 Å². The molecule has 1 aromatic heterocycles. The molecule has 0 fully saturated rings. The van der Waals surface area contributed by atoms with Crippen molar-refractivity contribution in [2.24, 2.45) is 0 Å². The van der Waals surface area contributed by atoms with Gasteiger partial charge in [-0.05, 0) is 26.2 Å². The fourth-order valence-electron chi connectivity index (χ4n) is 0.654. The van der Waals surface area contributed by atoms with Crippen molar-refractivity contribution >= 4 is 17.8 Å². The minimum absolute atomic E-state index is 0.0925. The van der Waals surface area contributed by atoms with Crippen molar-refractivity contribution in [1.82, 2.24) is 10.1 Å². The summed E-state index contributed by atoms with van der Waals surface area (Å²) in [7, 11) is 0. The van der Waals surface area contributed by atoms with Crippen molar-refractivity contribution < 1.29 is 4.52 Å². The van der Waals surface area contributed by atoms with Gasteiger partial charge in [0.05, 0.1) is 4.75 Å². The van der Waals surface area contributed by atoms with E-state index in [0.29, 0.717) is 11.7 Å². The Labute approximate surface area is 76.2 Å². The molecule has 0 saturated heterocycles. The molecule has 4 heteroatoms. The second-order valence-electron chi connectivity index (χ2n) is 2.87. The Morgan fingerprint density at radius 2 is 2.25 bits per heavy atom. The van der Waals surface area contributed by atoms with Gasteiger partial charge in [0.1, 0.15) is 0 Å². The van der Waals surface area contributed by atoms with E-state index < -0.39 is 0 Å². The quantitative estimate of drug-likeness (QED) is 0.722. The summed E-state index contributed by atoms with van der Waals surface area (Å²) < 4.78 is 4.82. The van der Waals surface area contributed by atoms with Gasteiger partial charge >= 0.3 is 0 Å². The Hall–Kier alpha value is -0.770. The molecule has 1 rings (SSSR count). The molecule has 0 bridgehead atoms. The van der Waals surface area contributed by atoms with Crippen LogP contribution < -0.4 is 0 Å². The molecule has 0 saturated carbocycles. The van der Waals surface area contributed by atoms with E-state index in [1.165, 1.54) is 0 Å². The minimum Gasteiger partial charge on any atom is -0.335 e. The maximum Gasteiger partial charge on any atom is 0.250 e. The fourth-order valence-corrected chi connectivity index (χ4v) is 0.919. The lowest BCUT2D eigenvalue weighted by atomic mass is 10.2. The van der Waals surface area contributed by atoms with Gasteiger partial charge in [0.15, 0.2) is 5.82 Å². The molecule has 0 N–H and O–H groups in total. The monoisotopic (exact) mass is 184 g/mol. The normalized spacial score (nSPS) is 11.6. The van der Waals surface area contributed by atoms with Gasteiger partial charge in [-0.3, -0.25) is 0 Å². The van der Waals surface area contributed by atoms with E-state index in [4.69, 9.17) is 4.52 Å². The van der Waals surface area contributed by atoms with Crippen LogP contribution in [0.1, 0.15) is 25.6 Å². The summed E-state index contributed by atoms with van der Waals surface area (Å²) in [5.74, 6) is 1.19. The zero-order valence-electron chi connectivity index (χ0n) is 7.50. The zero-order valence-corrected chi connectivity index (χ0v) is 8.31. The van der Waals surface area contributed by atoms with Gasteiger partial charge in [-0.15, -0.1) is 0 Å². The van der Waals surface area contributed by atoms with Crippen LogP contribution in [0.3, 0.4) is 0 Å². The molecule has 0 amide bonds. The van der Waals surface area contributed by atoms with Gasteiger partial charge in [0.25, 0.3) is 0 Å². The largest absolute Gasteiger partial charge is 0.335 e. The summed E-state index contributed by atoms with van der Waals surface area (Å²) in [6, 6.07) is 0. The highest BCUT2D eigenvalue weighted by Crippen LogP contribution is 2.31. The molecule has 0 radical (unpaired) electrons. The first-order valence-electron chi connectivity index (χ1n) is 3.62. The van der Waals surface area contributed by atoms with Gasteiger partial charge in [-0.2, -0.15) is 16.7 Å². The summed E-state index contributed by atoms with van der Waals surface area (Å²) >= 11 is 1.68. The molecule has 0 spiro atoms. The van der Waals surface area contributed by atoms with Gasteiger partial charge < -0.3 is 4.52 Å². The molecule has 66 valence electrons. The zero-order chi connectivity index (χ0) is 9.19. The van der Waals surface area contributed by atoms with Crippen LogP contribution in [0.25, 0.3) is 6.08 Å². The Morgan fingerprint density at radius 1 is 1.58 bits per heavy atom. The lowest BCUT2D eigenvalue weighted by Crippen LogP contribution is -2.13. The molecule has 0 aromatic carbocycles. The van der Waals surface area contributed by atoms with Crippen molar-refractivity contribution in [1.29, 1.82) is 0 Å². The van der Waals surface area contributed by atoms with Crippen LogP contribution >= 0.6 is 11.8 Å². The summed E-state index contributed by atoms with van der Waals surface area (Å²) in [4.78, 5) is 4.15. The van der Waals surface area contributed by atoms with Crippen molar-refractivity contribution in [3.63, 3.8) is 0 Å². The summed E-state index contributed by atoms with van der Waals surface area (Å²) in [5.41, 5.74) is 0. The SMILES string of the molecule is C=Cc1nc(C(C)(C)SC)no1. The van der Waals surface area contributed by atoms with Crippen LogP contribution in [0.2, 0.25) is 0 Å². The topological polar surface area (TPSA) is 38.9 Å². The first-order valence-corrected chi connectivity index (χ1v) is 4.84. The van der Waals surface area contributed by atoms with Crippen molar-refractivity contribution in [2.75, 3.05) is 6.26 Å². The predicted molar refractivity (Wildman–Crippen MR) is 50.9 cm³/mol. The van der Waals surface area contributed by atoms with Crippen LogP contribution in [0.4, 0.5) is 0 Å². The molecule has 1 heterocycles. The number of hydrogen-bond acceptors (Lipinski definition) is 4. The predicted octanol–water partition coefficient (Wildman–Crippen LogP) is 2.31. The molecule has 0 aliphatic rings. The van der Waals surface area contributed by atoms with Gasteiger partial charge in [-0.25, -0.2) is 0 Å². The lowest BCUT2D eigenvalue weighted by molar-refractivity contribution is 0.398. The van der Waals surface area contributed by atoms with Crippen molar-refractivity contribution in [3.05, 3.63) is 18.3 Å². The van der Waals surface area contributed by atoms with E-state index in [-0.39, 0.29) is 4.75 Å². The summed E-state index contributed by atoms with van der Waals surface area (Å²) in [5, 5.41) is 3.85. The van der Waals surface area contributed by atoms with E-state index in [1.54, 1.807) is 17.8 Å². The number of thioether (sulfide) groups is 1. The smallest absolute Gasteiger partial charge is 0.250 e. The maximum absolute atomic E-state index is 4.91. The van der Waals surface area contributed by atoms with Crippen molar-refractivity contribution in [3.8, 4) is 0 Å². The Balaban J connectivity index is 2.95. The lowest BCUT2D eigenvalue weighted by Gasteiger charge is -2.15. The second-order valence-corrected chi connectivity index (χ2v) is 4.30. The first-order chi connectivity index (χ1) is 5.60. The molecular formula is C8H12N2OS. The highest BCUT2D eigenvalue weighted by atomic mass is 32.2. The first kappa shape index (κ1) is 9.32. The van der Waals surface area contributed by atoms with Crippen LogP contribution in [-0.4, -0.2) is 16.4 Å². The van der Waals surface area contributed by atoms with E-state index in [0.717, 1.165) is 0 Å². The van der Waals surface area contributed by atoms with E-state index >= 15 is 0 Å². The van der Waals surface area contributed by atoms with E-state index in [2.05, 4.69) is 30.6 Å². The van der Waals surface area contributed by atoms with Gasteiger partial charge in [0, 0.05) is 0 Å². The van der Waals surface area contributed by atoms with Crippen LogP contribution in [0, 0.1) is 0 Å². The molecule has 0 atom stereocenters. The standard InChI is InChI=1S/C8H12N2OS/c1-5-6-9-7(10-11-6)8(2,3)12-4/h5H,1H2,2-4H3. The number of nitrogens with zero attached hydrogens (tertiary/aromatic N) is 2. The maximum atomic E-state index is 4.91. The average molecular weight is 184 g/mol. The molecule has 0 aliphatic carbocycles. The third-order valence-corrected chi connectivity index (χ3v) is 2.87. The third-order valence-electron chi connectivity index (χ3n) is 1.67. The third kappa shape index (κ3) is 1.69. The molecule has 1 aromatic rings. The van der Waals surface area contributed by atoms with Gasteiger partial charge in [-0.1, -0.05) is 11.7 Å². The second kappa shape index (κ2) is 3.31. The number of rotatable bonds is 3. The summed E-state index contributed by atoms with van der Waals surface area (Å²) in [6.07, 6.45) is 3.57. The number of hydrogen-bond donors (Lipinski definition) is 0. The molecular weight excluding hydrogens is 172 g/mol. The van der Waals surface area contributed by atoms with Crippen LogP contribution in [0.15, 0.2) is 11.1 Å². The Bertz CT molecular complexity index is 280. The van der Waals surface area contributed by atoms with Crippen LogP contribution in [-0.2, 0) is 4.75 Å². The average Bonchev–Trinajstić information content (AvgIpc) is 2.52. The van der Waals surface area contributed by atoms with Crippen LogP contribution in [0.5, 0.6) is 0 Å². The number of aromatic nitrogens is 2. The summed E-state index contributed by atoms with van der Waals surface area (Å²) in [6.45, 7) is 7.65. The fraction of sp³-hybridized carbons (Fsp3) is 0.500. The van der Waals surface area contributed by atoms with Crippen molar-refractivity contribution in [2.45, 2.75) is 18.6 Å². The molecule has 12 heavy (non-hydrogen) atoms. The minimum atomic E-state index is -0.0925.